The maximum Gasteiger partial charge on any atom is 0.137 e. The van der Waals surface area contributed by atoms with Crippen LogP contribution in [0.1, 0.15) is 44.5 Å². The summed E-state index contributed by atoms with van der Waals surface area (Å²) in [6, 6.07) is 0. The molecule has 0 saturated heterocycles. The van der Waals surface area contributed by atoms with Gasteiger partial charge in [-0.2, -0.15) is 0 Å². The highest BCUT2D eigenvalue weighted by Gasteiger charge is 2.11. The Morgan fingerprint density at radius 1 is 1.32 bits per heavy atom. The van der Waals surface area contributed by atoms with Crippen molar-refractivity contribution in [3.63, 3.8) is 0 Å². The molecule has 0 amide bonds. The van der Waals surface area contributed by atoms with Crippen LogP contribution in [0.5, 0.6) is 0 Å². The van der Waals surface area contributed by atoms with Gasteiger partial charge in [0, 0.05) is 25.1 Å². The second-order valence-corrected chi connectivity index (χ2v) is 5.18. The smallest absolute Gasteiger partial charge is 0.137 e. The molecule has 0 aliphatic heterocycles. The SMILES string of the molecule is CCCc1nc(Cl)c(C)c(NCC(CC)CCO)n1. The van der Waals surface area contributed by atoms with E-state index in [0.717, 1.165) is 49.4 Å². The van der Waals surface area contributed by atoms with Crippen molar-refractivity contribution in [2.45, 2.75) is 46.5 Å². The van der Waals surface area contributed by atoms with Crippen LogP contribution in [0, 0.1) is 12.8 Å². The Hall–Kier alpha value is -0.870. The quantitative estimate of drug-likeness (QED) is 0.720. The van der Waals surface area contributed by atoms with E-state index < -0.39 is 0 Å². The molecule has 0 fully saturated rings. The maximum atomic E-state index is 9.00. The molecule has 0 radical (unpaired) electrons. The molecule has 19 heavy (non-hydrogen) atoms. The van der Waals surface area contributed by atoms with Gasteiger partial charge < -0.3 is 10.4 Å². The lowest BCUT2D eigenvalue weighted by atomic mass is 10.0. The van der Waals surface area contributed by atoms with Gasteiger partial charge in [-0.15, -0.1) is 0 Å². The number of aliphatic hydroxyl groups is 1. The molecular formula is C14H24ClN3O. The summed E-state index contributed by atoms with van der Waals surface area (Å²) in [6.07, 6.45) is 3.68. The molecule has 0 aliphatic rings. The Labute approximate surface area is 120 Å². The minimum Gasteiger partial charge on any atom is -0.396 e. The van der Waals surface area contributed by atoms with Crippen LogP contribution >= 0.6 is 11.6 Å². The predicted octanol–water partition coefficient (Wildman–Crippen LogP) is 3.21. The van der Waals surface area contributed by atoms with Gasteiger partial charge in [0.05, 0.1) is 0 Å². The van der Waals surface area contributed by atoms with Gasteiger partial charge in [0.15, 0.2) is 0 Å². The van der Waals surface area contributed by atoms with Crippen molar-refractivity contribution in [1.29, 1.82) is 0 Å². The van der Waals surface area contributed by atoms with E-state index in [1.807, 2.05) is 6.92 Å². The van der Waals surface area contributed by atoms with E-state index in [0.29, 0.717) is 11.1 Å². The monoisotopic (exact) mass is 285 g/mol. The first-order valence-corrected chi connectivity index (χ1v) is 7.37. The molecular weight excluding hydrogens is 262 g/mol. The van der Waals surface area contributed by atoms with E-state index in [1.165, 1.54) is 0 Å². The lowest BCUT2D eigenvalue weighted by Crippen LogP contribution is -2.17. The highest BCUT2D eigenvalue weighted by molar-refractivity contribution is 6.30. The average molecular weight is 286 g/mol. The molecule has 1 atom stereocenters. The second kappa shape index (κ2) is 8.33. The number of nitrogens with one attached hydrogen (secondary N) is 1. The molecule has 4 nitrogen and oxygen atoms in total. The van der Waals surface area contributed by atoms with E-state index >= 15 is 0 Å². The van der Waals surface area contributed by atoms with Gasteiger partial charge in [0.1, 0.15) is 16.8 Å². The number of aryl methyl sites for hydroxylation is 1. The first-order chi connectivity index (χ1) is 9.12. The third-order valence-electron chi connectivity index (χ3n) is 3.28. The summed E-state index contributed by atoms with van der Waals surface area (Å²) in [7, 11) is 0. The molecule has 2 N–H and O–H groups in total. The van der Waals surface area contributed by atoms with Gasteiger partial charge in [0.25, 0.3) is 0 Å². The maximum absolute atomic E-state index is 9.00. The van der Waals surface area contributed by atoms with Gasteiger partial charge in [-0.25, -0.2) is 9.97 Å². The summed E-state index contributed by atoms with van der Waals surface area (Å²) < 4.78 is 0. The van der Waals surface area contributed by atoms with Gasteiger partial charge in [-0.3, -0.25) is 0 Å². The molecule has 1 unspecified atom stereocenters. The van der Waals surface area contributed by atoms with Crippen LogP contribution in [0.15, 0.2) is 0 Å². The van der Waals surface area contributed by atoms with E-state index in [2.05, 4.69) is 29.1 Å². The van der Waals surface area contributed by atoms with Crippen LogP contribution in [0.2, 0.25) is 5.15 Å². The Morgan fingerprint density at radius 2 is 2.05 bits per heavy atom. The number of hydrogen-bond acceptors (Lipinski definition) is 4. The second-order valence-electron chi connectivity index (χ2n) is 4.82. The normalized spacial score (nSPS) is 12.5. The van der Waals surface area contributed by atoms with Gasteiger partial charge in [-0.1, -0.05) is 31.9 Å². The summed E-state index contributed by atoms with van der Waals surface area (Å²) in [5.74, 6) is 2.06. The van der Waals surface area contributed by atoms with E-state index in [4.69, 9.17) is 16.7 Å². The fourth-order valence-corrected chi connectivity index (χ4v) is 2.10. The van der Waals surface area contributed by atoms with Crippen molar-refractivity contribution in [3.8, 4) is 0 Å². The third-order valence-corrected chi connectivity index (χ3v) is 3.65. The molecule has 0 bridgehead atoms. The zero-order valence-corrected chi connectivity index (χ0v) is 12.8. The first-order valence-electron chi connectivity index (χ1n) is 7.00. The highest BCUT2D eigenvalue weighted by Crippen LogP contribution is 2.21. The van der Waals surface area contributed by atoms with Crippen molar-refractivity contribution in [1.82, 2.24) is 9.97 Å². The predicted molar refractivity (Wildman–Crippen MR) is 79.7 cm³/mol. The molecule has 1 aromatic rings. The highest BCUT2D eigenvalue weighted by atomic mass is 35.5. The van der Waals surface area contributed by atoms with E-state index in [1.54, 1.807) is 0 Å². The largest absolute Gasteiger partial charge is 0.396 e. The van der Waals surface area contributed by atoms with E-state index in [-0.39, 0.29) is 6.61 Å². The minimum atomic E-state index is 0.227. The minimum absolute atomic E-state index is 0.227. The van der Waals surface area contributed by atoms with Crippen LogP contribution in [0.25, 0.3) is 0 Å². The summed E-state index contributed by atoms with van der Waals surface area (Å²) in [6.45, 7) is 7.18. The first kappa shape index (κ1) is 16.2. The molecule has 0 aliphatic carbocycles. The fraction of sp³-hybridized carbons (Fsp3) is 0.714. The number of halogens is 1. The molecule has 0 aromatic carbocycles. The van der Waals surface area contributed by atoms with Crippen molar-refractivity contribution in [2.24, 2.45) is 5.92 Å². The number of anilines is 1. The van der Waals surface area contributed by atoms with Gasteiger partial charge in [0.2, 0.25) is 0 Å². The van der Waals surface area contributed by atoms with E-state index in [9.17, 15) is 0 Å². The Morgan fingerprint density at radius 3 is 2.63 bits per heavy atom. The number of aromatic nitrogens is 2. The summed E-state index contributed by atoms with van der Waals surface area (Å²) >= 11 is 6.13. The van der Waals surface area contributed by atoms with Crippen molar-refractivity contribution >= 4 is 17.4 Å². The zero-order valence-electron chi connectivity index (χ0n) is 12.0. The van der Waals surface area contributed by atoms with Crippen LogP contribution in [-0.4, -0.2) is 28.2 Å². The summed E-state index contributed by atoms with van der Waals surface area (Å²) in [5, 5.41) is 12.9. The van der Waals surface area contributed by atoms with Gasteiger partial charge >= 0.3 is 0 Å². The topological polar surface area (TPSA) is 58.0 Å². The third kappa shape index (κ3) is 4.96. The molecule has 1 rings (SSSR count). The zero-order chi connectivity index (χ0) is 14.3. The lowest BCUT2D eigenvalue weighted by molar-refractivity contribution is 0.258. The Balaban J connectivity index is 2.75. The van der Waals surface area contributed by atoms with Crippen molar-refractivity contribution < 1.29 is 5.11 Å². The Kier molecular flexibility index (Phi) is 7.10. The molecule has 1 heterocycles. The van der Waals surface area contributed by atoms with Crippen molar-refractivity contribution in [3.05, 3.63) is 16.5 Å². The van der Waals surface area contributed by atoms with Crippen LogP contribution < -0.4 is 5.32 Å². The Bertz CT molecular complexity index is 399. The van der Waals surface area contributed by atoms with Crippen molar-refractivity contribution in [2.75, 3.05) is 18.5 Å². The van der Waals surface area contributed by atoms with Crippen LogP contribution in [0.3, 0.4) is 0 Å². The fourth-order valence-electron chi connectivity index (χ4n) is 1.91. The molecule has 0 saturated carbocycles. The average Bonchev–Trinajstić information content (AvgIpc) is 2.39. The molecule has 5 heteroatoms. The number of hydrogen-bond donors (Lipinski definition) is 2. The molecule has 0 spiro atoms. The van der Waals surface area contributed by atoms with Gasteiger partial charge in [-0.05, 0) is 25.7 Å². The molecule has 108 valence electrons. The summed E-state index contributed by atoms with van der Waals surface area (Å²) in [5.41, 5.74) is 0.889. The number of rotatable bonds is 8. The van der Waals surface area contributed by atoms with Crippen LogP contribution in [0.4, 0.5) is 5.82 Å². The lowest BCUT2D eigenvalue weighted by Gasteiger charge is -2.16. The number of aliphatic hydroxyl groups excluding tert-OH is 1. The standard InChI is InChI=1S/C14H24ClN3O/c1-4-6-12-17-13(15)10(3)14(18-12)16-9-11(5-2)7-8-19/h11,19H,4-9H2,1-3H3,(H,16,17,18). The van der Waals surface area contributed by atoms with Crippen LogP contribution in [-0.2, 0) is 6.42 Å². The summed E-state index contributed by atoms with van der Waals surface area (Å²) in [4.78, 5) is 8.80. The number of nitrogens with zero attached hydrogens (tertiary/aromatic N) is 2. The molecule has 1 aromatic heterocycles.